The van der Waals surface area contributed by atoms with Crippen molar-refractivity contribution in [2.24, 2.45) is 0 Å². The zero-order valence-electron chi connectivity index (χ0n) is 7.47. The molecule has 1 fully saturated rings. The molecule has 1 aliphatic heterocycles. The summed E-state index contributed by atoms with van der Waals surface area (Å²) in [4.78, 5) is 2.52. The molecule has 0 aromatic heterocycles. The fourth-order valence-electron chi connectivity index (χ4n) is 1.41. The normalized spacial score (nSPS) is 23.5. The molecule has 0 aliphatic carbocycles. The number of hydrogen-bond donors (Lipinski definition) is 0. The van der Waals surface area contributed by atoms with Gasteiger partial charge >= 0.3 is 0 Å². The average Bonchev–Trinajstić information content (AvgIpc) is 2.52. The van der Waals surface area contributed by atoms with E-state index in [4.69, 9.17) is 4.52 Å². The van der Waals surface area contributed by atoms with Crippen LogP contribution in [0.3, 0.4) is 0 Å². The number of nitrogens with zero attached hydrogens (tertiary/aromatic N) is 1. The molecule has 11 heavy (non-hydrogen) atoms. The number of rotatable bonds is 4. The summed E-state index contributed by atoms with van der Waals surface area (Å²) in [7, 11) is 0.666. The van der Waals surface area contributed by atoms with Gasteiger partial charge in [-0.05, 0) is 39.8 Å². The highest BCUT2D eigenvalue weighted by atomic mass is 31.1. The topological polar surface area (TPSA) is 12.5 Å². The molecule has 66 valence electrons. The Morgan fingerprint density at radius 1 is 1.45 bits per heavy atom. The molecule has 0 spiro atoms. The summed E-state index contributed by atoms with van der Waals surface area (Å²) in [6.45, 7) is 7.74. The van der Waals surface area contributed by atoms with Gasteiger partial charge in [0.15, 0.2) is 0 Å². The SMILES string of the molecule is CCOPC(C)N1CCCC1. The van der Waals surface area contributed by atoms with Crippen LogP contribution in [0.15, 0.2) is 0 Å². The Bertz CT molecular complexity index is 104. The molecule has 3 heteroatoms. The average molecular weight is 175 g/mol. The fraction of sp³-hybridized carbons (Fsp3) is 1.00. The summed E-state index contributed by atoms with van der Waals surface area (Å²) in [6, 6.07) is 0. The van der Waals surface area contributed by atoms with Crippen LogP contribution in [0.1, 0.15) is 26.7 Å². The molecule has 1 saturated heterocycles. The van der Waals surface area contributed by atoms with Crippen LogP contribution in [0.25, 0.3) is 0 Å². The first kappa shape index (κ1) is 9.44. The van der Waals surface area contributed by atoms with Gasteiger partial charge in [-0.15, -0.1) is 0 Å². The van der Waals surface area contributed by atoms with Gasteiger partial charge in [-0.3, -0.25) is 4.90 Å². The Labute approximate surface area is 71.2 Å². The second-order valence-corrected chi connectivity index (χ2v) is 4.33. The molecule has 0 aromatic carbocycles. The maximum absolute atomic E-state index is 5.39. The van der Waals surface area contributed by atoms with Crippen LogP contribution in [0.4, 0.5) is 0 Å². The lowest BCUT2D eigenvalue weighted by molar-refractivity contribution is 0.301. The van der Waals surface area contributed by atoms with Gasteiger partial charge in [-0.2, -0.15) is 0 Å². The third-order valence-electron chi connectivity index (χ3n) is 2.09. The zero-order valence-corrected chi connectivity index (χ0v) is 8.47. The minimum atomic E-state index is 0.650. The maximum Gasteiger partial charge on any atom is 0.0485 e. The smallest absolute Gasteiger partial charge is 0.0485 e. The molecule has 2 nitrogen and oxygen atoms in total. The first-order valence-electron chi connectivity index (χ1n) is 4.46. The van der Waals surface area contributed by atoms with Gasteiger partial charge in [0, 0.05) is 21.2 Å². The lowest BCUT2D eigenvalue weighted by Gasteiger charge is -2.22. The molecule has 1 rings (SSSR count). The van der Waals surface area contributed by atoms with Crippen molar-refractivity contribution in [1.82, 2.24) is 4.90 Å². The van der Waals surface area contributed by atoms with Crippen LogP contribution < -0.4 is 0 Å². The Kier molecular flexibility index (Phi) is 4.36. The van der Waals surface area contributed by atoms with Gasteiger partial charge in [0.05, 0.1) is 0 Å². The van der Waals surface area contributed by atoms with E-state index < -0.39 is 0 Å². The van der Waals surface area contributed by atoms with E-state index in [2.05, 4.69) is 18.7 Å². The lowest BCUT2D eigenvalue weighted by atomic mass is 10.4. The highest BCUT2D eigenvalue weighted by Crippen LogP contribution is 2.26. The molecule has 2 atom stereocenters. The van der Waals surface area contributed by atoms with Crippen molar-refractivity contribution in [2.75, 3.05) is 19.7 Å². The molecule has 1 heterocycles. The third-order valence-corrected chi connectivity index (χ3v) is 3.25. The van der Waals surface area contributed by atoms with Crippen LogP contribution >= 0.6 is 8.81 Å². The van der Waals surface area contributed by atoms with E-state index in [-0.39, 0.29) is 0 Å². The maximum atomic E-state index is 5.39. The van der Waals surface area contributed by atoms with Crippen molar-refractivity contribution < 1.29 is 4.52 Å². The Balaban J connectivity index is 2.12. The third kappa shape index (κ3) is 3.06. The summed E-state index contributed by atoms with van der Waals surface area (Å²) in [6.07, 6.45) is 2.75. The summed E-state index contributed by atoms with van der Waals surface area (Å²) < 4.78 is 5.39. The molecule has 0 saturated carbocycles. The zero-order chi connectivity index (χ0) is 8.10. The van der Waals surface area contributed by atoms with Gasteiger partial charge in [-0.1, -0.05) is 0 Å². The number of hydrogen-bond acceptors (Lipinski definition) is 2. The summed E-state index contributed by atoms with van der Waals surface area (Å²) in [5, 5.41) is 0. The van der Waals surface area contributed by atoms with Crippen molar-refractivity contribution in [3.05, 3.63) is 0 Å². The molecule has 0 radical (unpaired) electrons. The first-order chi connectivity index (χ1) is 5.34. The fourth-order valence-corrected chi connectivity index (χ4v) is 2.22. The van der Waals surface area contributed by atoms with Crippen molar-refractivity contribution in [3.63, 3.8) is 0 Å². The van der Waals surface area contributed by atoms with Gasteiger partial charge in [0.1, 0.15) is 0 Å². The van der Waals surface area contributed by atoms with E-state index >= 15 is 0 Å². The molecule has 0 N–H and O–H groups in total. The van der Waals surface area contributed by atoms with E-state index in [0.29, 0.717) is 14.6 Å². The molecule has 0 amide bonds. The highest BCUT2D eigenvalue weighted by Gasteiger charge is 2.17. The van der Waals surface area contributed by atoms with Crippen LogP contribution in [0.5, 0.6) is 0 Å². The predicted molar refractivity (Wildman–Crippen MR) is 50.2 cm³/mol. The van der Waals surface area contributed by atoms with Crippen molar-refractivity contribution in [3.8, 4) is 0 Å². The van der Waals surface area contributed by atoms with Crippen molar-refractivity contribution in [2.45, 2.75) is 32.5 Å². The second kappa shape index (κ2) is 5.08. The van der Waals surface area contributed by atoms with Crippen LogP contribution in [-0.4, -0.2) is 30.4 Å². The predicted octanol–water partition coefficient (Wildman–Crippen LogP) is 2.06. The van der Waals surface area contributed by atoms with E-state index in [1.807, 2.05) is 0 Å². The first-order valence-corrected chi connectivity index (χ1v) is 5.44. The van der Waals surface area contributed by atoms with Gasteiger partial charge in [0.2, 0.25) is 0 Å². The minimum absolute atomic E-state index is 0.650. The monoisotopic (exact) mass is 175 g/mol. The Morgan fingerprint density at radius 2 is 2.09 bits per heavy atom. The minimum Gasteiger partial charge on any atom is -0.361 e. The van der Waals surface area contributed by atoms with E-state index in [9.17, 15) is 0 Å². The van der Waals surface area contributed by atoms with Crippen LogP contribution in [0, 0.1) is 0 Å². The largest absolute Gasteiger partial charge is 0.361 e. The second-order valence-electron chi connectivity index (χ2n) is 2.97. The van der Waals surface area contributed by atoms with E-state index in [0.717, 1.165) is 6.61 Å². The molecule has 2 unspecified atom stereocenters. The molecular formula is C8H18NOP. The summed E-state index contributed by atoms with van der Waals surface area (Å²) in [5.74, 6) is 0.650. The quantitative estimate of drug-likeness (QED) is 0.606. The van der Waals surface area contributed by atoms with Gasteiger partial charge in [-0.25, -0.2) is 0 Å². The molecule has 0 bridgehead atoms. The highest BCUT2D eigenvalue weighted by molar-refractivity contribution is 7.33. The lowest BCUT2D eigenvalue weighted by Crippen LogP contribution is -2.26. The van der Waals surface area contributed by atoms with Gasteiger partial charge < -0.3 is 4.52 Å². The summed E-state index contributed by atoms with van der Waals surface area (Å²) in [5.41, 5.74) is 0. The Morgan fingerprint density at radius 3 is 2.64 bits per heavy atom. The standard InChI is InChI=1S/C8H18NOP/c1-3-10-11-8(2)9-6-4-5-7-9/h8,11H,3-7H2,1-2H3. The number of likely N-dealkylation sites (tertiary alicyclic amines) is 1. The van der Waals surface area contributed by atoms with Crippen molar-refractivity contribution >= 4 is 8.81 Å². The van der Waals surface area contributed by atoms with Crippen molar-refractivity contribution in [1.29, 1.82) is 0 Å². The van der Waals surface area contributed by atoms with Crippen LogP contribution in [0.2, 0.25) is 0 Å². The molecular weight excluding hydrogens is 157 g/mol. The molecule has 1 aliphatic rings. The van der Waals surface area contributed by atoms with E-state index in [1.54, 1.807) is 0 Å². The molecule has 0 aromatic rings. The van der Waals surface area contributed by atoms with Crippen LogP contribution in [-0.2, 0) is 4.52 Å². The van der Waals surface area contributed by atoms with E-state index in [1.165, 1.54) is 25.9 Å². The Hall–Kier alpha value is 0.350. The van der Waals surface area contributed by atoms with Gasteiger partial charge in [0.25, 0.3) is 0 Å². The summed E-state index contributed by atoms with van der Waals surface area (Å²) >= 11 is 0.